The number of fused-ring (bicyclic) bond motifs is 1. The molecule has 1 aromatic heterocycles. The Morgan fingerprint density at radius 1 is 1.19 bits per heavy atom. The molecule has 2 heterocycles. The van der Waals surface area contributed by atoms with Crippen molar-refractivity contribution >= 4 is 33.2 Å². The van der Waals surface area contributed by atoms with E-state index in [0.29, 0.717) is 17.4 Å². The first-order chi connectivity index (χ1) is 14.8. The Balaban J connectivity index is 1.60. The van der Waals surface area contributed by atoms with E-state index in [-0.39, 0.29) is 40.8 Å². The number of hydrogen-bond donors (Lipinski definition) is 1. The fourth-order valence-corrected chi connectivity index (χ4v) is 5.83. The highest BCUT2D eigenvalue weighted by Crippen LogP contribution is 2.39. The lowest BCUT2D eigenvalue weighted by molar-refractivity contribution is -0.121. The van der Waals surface area contributed by atoms with E-state index >= 15 is 0 Å². The maximum atomic E-state index is 13.1. The van der Waals surface area contributed by atoms with Crippen molar-refractivity contribution in [1.82, 2.24) is 14.9 Å². The number of aromatic nitrogens is 2. The third-order valence-corrected chi connectivity index (χ3v) is 7.53. The van der Waals surface area contributed by atoms with Crippen molar-refractivity contribution in [2.45, 2.75) is 69.4 Å². The molecule has 0 bridgehead atoms. The fourth-order valence-electron chi connectivity index (χ4n) is 3.99. The van der Waals surface area contributed by atoms with E-state index in [4.69, 9.17) is 20.9 Å². The van der Waals surface area contributed by atoms with Crippen LogP contribution in [-0.4, -0.2) is 37.1 Å². The molecule has 0 atom stereocenters. The summed E-state index contributed by atoms with van der Waals surface area (Å²) < 4.78 is 39.5. The molecule has 168 valence electrons. The van der Waals surface area contributed by atoms with E-state index in [0.717, 1.165) is 38.5 Å². The molecule has 2 aliphatic rings. The minimum absolute atomic E-state index is 0.0182. The summed E-state index contributed by atoms with van der Waals surface area (Å²) in [4.78, 5) is 17.9. The van der Waals surface area contributed by atoms with Gasteiger partial charge in [0.05, 0.1) is 17.3 Å². The Morgan fingerprint density at radius 3 is 2.58 bits per heavy atom. The number of amides is 1. The Hall–Kier alpha value is -2.17. The molecule has 9 nitrogen and oxygen atoms in total. The third kappa shape index (κ3) is 5.02. The second-order valence-corrected chi connectivity index (χ2v) is 10.0. The van der Waals surface area contributed by atoms with Crippen molar-refractivity contribution in [1.29, 1.82) is 0 Å². The van der Waals surface area contributed by atoms with Crippen molar-refractivity contribution in [2.75, 3.05) is 11.5 Å². The van der Waals surface area contributed by atoms with Gasteiger partial charge in [-0.3, -0.25) is 9.69 Å². The molecule has 1 aliphatic heterocycles. The Bertz CT molecular complexity index is 1060. The number of carbonyl (C=O) groups is 1. The minimum Gasteiger partial charge on any atom is -0.482 e. The molecule has 1 N–H and O–H groups in total. The van der Waals surface area contributed by atoms with E-state index in [1.54, 1.807) is 6.92 Å². The molecule has 1 fully saturated rings. The zero-order chi connectivity index (χ0) is 22.0. The number of nitrogens with zero attached hydrogens (tertiary/aromatic N) is 3. The molecule has 2 aromatic rings. The molecule has 11 heteroatoms. The third-order valence-electron chi connectivity index (χ3n) is 5.54. The summed E-state index contributed by atoms with van der Waals surface area (Å²) in [6.45, 7) is 1.50. The lowest BCUT2D eigenvalue weighted by Gasteiger charge is -2.29. The van der Waals surface area contributed by atoms with Gasteiger partial charge in [0, 0.05) is 19.0 Å². The summed E-state index contributed by atoms with van der Waals surface area (Å²) in [6.07, 6.45) is 7.06. The smallest absolute Gasteiger partial charge is 0.265 e. The number of carbonyl (C=O) groups excluding carboxylic acids is 1. The van der Waals surface area contributed by atoms with Crippen LogP contribution in [0.15, 0.2) is 21.6 Å². The van der Waals surface area contributed by atoms with Gasteiger partial charge in [-0.25, -0.2) is 13.1 Å². The number of halogens is 1. The quantitative estimate of drug-likeness (QED) is 0.715. The molecule has 31 heavy (non-hydrogen) atoms. The van der Waals surface area contributed by atoms with Crippen LogP contribution in [0.2, 0.25) is 5.02 Å². The van der Waals surface area contributed by atoms with Gasteiger partial charge in [-0.2, -0.15) is 4.98 Å². The summed E-state index contributed by atoms with van der Waals surface area (Å²) in [5, 5.41) is 3.83. The Kier molecular flexibility index (Phi) is 6.49. The Morgan fingerprint density at radius 2 is 1.90 bits per heavy atom. The van der Waals surface area contributed by atoms with Crippen LogP contribution in [-0.2, 0) is 21.4 Å². The first-order valence-corrected chi connectivity index (χ1v) is 12.3. The van der Waals surface area contributed by atoms with Gasteiger partial charge in [-0.05, 0) is 18.9 Å². The maximum absolute atomic E-state index is 13.1. The predicted molar refractivity (Wildman–Crippen MR) is 114 cm³/mol. The summed E-state index contributed by atoms with van der Waals surface area (Å²) >= 11 is 6.38. The monoisotopic (exact) mass is 468 g/mol. The number of nitrogens with one attached hydrogen (secondary N) is 1. The molecule has 1 saturated carbocycles. The normalized spacial score (nSPS) is 18.3. The molecular formula is C20H25ClN4O5S. The largest absolute Gasteiger partial charge is 0.482 e. The number of ether oxygens (including phenoxy) is 1. The fraction of sp³-hybridized carbons (Fsp3) is 0.550. The molecule has 4 rings (SSSR count). The zero-order valence-electron chi connectivity index (χ0n) is 17.3. The van der Waals surface area contributed by atoms with Crippen LogP contribution in [0.1, 0.15) is 56.7 Å². The molecule has 0 saturated heterocycles. The second kappa shape index (κ2) is 9.13. The number of rotatable bonds is 5. The zero-order valence-corrected chi connectivity index (χ0v) is 18.8. The lowest BCUT2D eigenvalue weighted by Crippen LogP contribution is -2.39. The summed E-state index contributed by atoms with van der Waals surface area (Å²) in [7, 11) is -3.84. The molecule has 0 spiro atoms. The highest BCUT2D eigenvalue weighted by Gasteiger charge is 2.31. The van der Waals surface area contributed by atoms with E-state index in [1.807, 2.05) is 0 Å². The van der Waals surface area contributed by atoms with Crippen LogP contribution in [0.25, 0.3) is 0 Å². The van der Waals surface area contributed by atoms with Gasteiger partial charge in [0.2, 0.25) is 15.9 Å². The summed E-state index contributed by atoms with van der Waals surface area (Å²) in [5.41, 5.74) is 0.369. The van der Waals surface area contributed by atoms with Crippen molar-refractivity contribution in [3.05, 3.63) is 28.9 Å². The molecule has 1 aliphatic carbocycles. The van der Waals surface area contributed by atoms with Gasteiger partial charge in [0.25, 0.3) is 5.91 Å². The highest BCUT2D eigenvalue weighted by atomic mass is 35.5. The van der Waals surface area contributed by atoms with Crippen LogP contribution in [0.5, 0.6) is 5.75 Å². The first kappa shape index (κ1) is 22.0. The number of anilines is 1. The van der Waals surface area contributed by atoms with Crippen LogP contribution in [0, 0.1) is 6.92 Å². The maximum Gasteiger partial charge on any atom is 0.265 e. The molecule has 0 radical (unpaired) electrons. The van der Waals surface area contributed by atoms with Gasteiger partial charge in [0.1, 0.15) is 10.6 Å². The predicted octanol–water partition coefficient (Wildman–Crippen LogP) is 3.35. The van der Waals surface area contributed by atoms with Gasteiger partial charge >= 0.3 is 0 Å². The van der Waals surface area contributed by atoms with Crippen LogP contribution in [0.4, 0.5) is 5.69 Å². The van der Waals surface area contributed by atoms with Crippen molar-refractivity contribution < 1.29 is 22.5 Å². The van der Waals surface area contributed by atoms with E-state index < -0.39 is 10.0 Å². The van der Waals surface area contributed by atoms with Gasteiger partial charge in [-0.1, -0.05) is 48.9 Å². The second-order valence-electron chi connectivity index (χ2n) is 7.91. The lowest BCUT2D eigenvalue weighted by atomic mass is 9.97. The summed E-state index contributed by atoms with van der Waals surface area (Å²) in [5.74, 6) is 0.671. The van der Waals surface area contributed by atoms with Crippen molar-refractivity contribution in [2.24, 2.45) is 0 Å². The van der Waals surface area contributed by atoms with Crippen LogP contribution in [0.3, 0.4) is 0 Å². The Labute approximate surface area is 186 Å². The van der Waals surface area contributed by atoms with E-state index in [2.05, 4.69) is 14.9 Å². The average molecular weight is 469 g/mol. The standard InChI is InChI=1S/C20H25ClN4O5S/c1-13-22-19(23-30-13)11-25-16-9-15(21)18(10-17(16)29-12-20(25)26)31(27,28)24-14-7-5-3-2-4-6-8-14/h9-10,14,24H,2-8,11-12H2,1H3. The van der Waals surface area contributed by atoms with Crippen molar-refractivity contribution in [3.63, 3.8) is 0 Å². The SMILES string of the molecule is Cc1nc(CN2C(=O)COc3cc(S(=O)(=O)NC4CCCCCCC4)c(Cl)cc32)no1. The first-order valence-electron chi connectivity index (χ1n) is 10.4. The average Bonchev–Trinajstić information content (AvgIpc) is 3.10. The number of benzene rings is 1. The van der Waals surface area contributed by atoms with Gasteiger partial charge < -0.3 is 9.26 Å². The topological polar surface area (TPSA) is 115 Å². The number of aryl methyl sites for hydroxylation is 1. The molecule has 0 unspecified atom stereocenters. The van der Waals surface area contributed by atoms with Crippen LogP contribution >= 0.6 is 11.6 Å². The van der Waals surface area contributed by atoms with E-state index in [1.165, 1.54) is 23.5 Å². The van der Waals surface area contributed by atoms with Gasteiger partial charge in [0.15, 0.2) is 12.4 Å². The van der Waals surface area contributed by atoms with Crippen molar-refractivity contribution in [3.8, 4) is 5.75 Å². The molecule has 1 amide bonds. The van der Waals surface area contributed by atoms with Gasteiger partial charge in [-0.15, -0.1) is 0 Å². The number of sulfonamides is 1. The highest BCUT2D eigenvalue weighted by molar-refractivity contribution is 7.89. The molecule has 1 aromatic carbocycles. The van der Waals surface area contributed by atoms with E-state index in [9.17, 15) is 13.2 Å². The minimum atomic E-state index is -3.84. The molecular weight excluding hydrogens is 444 g/mol. The number of hydrogen-bond acceptors (Lipinski definition) is 7. The summed E-state index contributed by atoms with van der Waals surface area (Å²) in [6, 6.07) is 2.70. The van der Waals surface area contributed by atoms with Crippen LogP contribution < -0.4 is 14.4 Å².